The molecule has 5 aromatic rings. The number of rotatable bonds is 4. The minimum atomic E-state index is -0.296. The van der Waals surface area contributed by atoms with Crippen LogP contribution in [0.2, 0.25) is 0 Å². The number of aryl methyl sites for hydroxylation is 2. The van der Waals surface area contributed by atoms with Crippen molar-refractivity contribution in [3.05, 3.63) is 59.6 Å². The van der Waals surface area contributed by atoms with Crippen LogP contribution in [0.4, 0.5) is 4.39 Å². The molecule has 9 heteroatoms. The zero-order valence-electron chi connectivity index (χ0n) is 15.7. The van der Waals surface area contributed by atoms with Gasteiger partial charge in [-0.1, -0.05) is 11.3 Å². The van der Waals surface area contributed by atoms with Gasteiger partial charge in [0.15, 0.2) is 5.65 Å². The molecule has 0 spiro atoms. The molecule has 0 N–H and O–H groups in total. The highest BCUT2D eigenvalue weighted by Gasteiger charge is 2.18. The first-order chi connectivity index (χ1) is 14.1. The summed E-state index contributed by atoms with van der Waals surface area (Å²) < 4.78 is 17.0. The number of fused-ring (bicyclic) bond motifs is 1. The molecule has 0 saturated heterocycles. The first kappa shape index (κ1) is 17.6. The van der Waals surface area contributed by atoms with Gasteiger partial charge in [0.05, 0.1) is 23.3 Å². The molecular formula is C20H16FN7S. The Morgan fingerprint density at radius 1 is 1.07 bits per heavy atom. The molecule has 4 heterocycles. The van der Waals surface area contributed by atoms with Crippen LogP contribution in [-0.2, 0) is 6.54 Å². The summed E-state index contributed by atoms with van der Waals surface area (Å²) in [6.07, 6.45) is 3.52. The average Bonchev–Trinajstić information content (AvgIpc) is 3.46. The Balaban J connectivity index is 1.80. The lowest BCUT2D eigenvalue weighted by Crippen LogP contribution is -2.02. The molecule has 0 amide bonds. The van der Waals surface area contributed by atoms with Crippen LogP contribution < -0.4 is 0 Å². The summed E-state index contributed by atoms with van der Waals surface area (Å²) >= 11 is 1.52. The molecule has 0 saturated carbocycles. The Kier molecular flexibility index (Phi) is 4.17. The van der Waals surface area contributed by atoms with Crippen molar-refractivity contribution in [2.75, 3.05) is 0 Å². The topological polar surface area (TPSA) is 74.3 Å². The standard InChI is InChI=1S/C20H16FN7S/c1-3-27-18(8-9-22-27)17-10-15(20-26-25-12(2)29-20)16-11-23-28(19(16)24-17)14-6-4-13(21)5-7-14/h4-11H,3H2,1-2H3. The van der Waals surface area contributed by atoms with E-state index in [1.165, 1.54) is 23.5 Å². The van der Waals surface area contributed by atoms with Crippen LogP contribution >= 0.6 is 11.3 Å². The Morgan fingerprint density at radius 2 is 1.90 bits per heavy atom. The van der Waals surface area contributed by atoms with Gasteiger partial charge in [0, 0.05) is 23.7 Å². The van der Waals surface area contributed by atoms with Crippen LogP contribution in [0, 0.1) is 12.7 Å². The number of hydrogen-bond donors (Lipinski definition) is 0. The molecule has 0 fully saturated rings. The van der Waals surface area contributed by atoms with Crippen LogP contribution in [-0.4, -0.2) is 34.7 Å². The predicted molar refractivity (Wildman–Crippen MR) is 109 cm³/mol. The Labute approximate surface area is 169 Å². The second kappa shape index (κ2) is 6.85. The van der Waals surface area contributed by atoms with Gasteiger partial charge < -0.3 is 0 Å². The van der Waals surface area contributed by atoms with Crippen molar-refractivity contribution in [1.29, 1.82) is 0 Å². The van der Waals surface area contributed by atoms with E-state index >= 15 is 0 Å². The highest BCUT2D eigenvalue weighted by molar-refractivity contribution is 7.14. The number of nitrogens with zero attached hydrogens (tertiary/aromatic N) is 7. The van der Waals surface area contributed by atoms with Gasteiger partial charge in [-0.3, -0.25) is 4.68 Å². The molecule has 144 valence electrons. The molecule has 0 unspecified atom stereocenters. The third-order valence-electron chi connectivity index (χ3n) is 4.65. The summed E-state index contributed by atoms with van der Waals surface area (Å²) in [4.78, 5) is 4.88. The number of aromatic nitrogens is 7. The minimum absolute atomic E-state index is 0.296. The summed E-state index contributed by atoms with van der Waals surface area (Å²) in [6.45, 7) is 4.69. The Bertz CT molecular complexity index is 1320. The molecule has 7 nitrogen and oxygen atoms in total. The molecule has 0 radical (unpaired) electrons. The molecule has 0 aliphatic rings. The Hall–Kier alpha value is -3.46. The van der Waals surface area contributed by atoms with Gasteiger partial charge in [0.2, 0.25) is 0 Å². The molecule has 1 aromatic carbocycles. The summed E-state index contributed by atoms with van der Waals surface area (Å²) in [5.74, 6) is -0.296. The third-order valence-corrected chi connectivity index (χ3v) is 5.52. The van der Waals surface area contributed by atoms with Gasteiger partial charge >= 0.3 is 0 Å². The van der Waals surface area contributed by atoms with E-state index in [1.807, 2.05) is 30.7 Å². The van der Waals surface area contributed by atoms with Crippen molar-refractivity contribution in [2.45, 2.75) is 20.4 Å². The highest BCUT2D eigenvalue weighted by Crippen LogP contribution is 2.34. The first-order valence-corrected chi connectivity index (χ1v) is 9.93. The van der Waals surface area contributed by atoms with E-state index in [0.29, 0.717) is 5.65 Å². The van der Waals surface area contributed by atoms with E-state index in [1.54, 1.807) is 29.2 Å². The molecule has 5 rings (SSSR count). The summed E-state index contributed by atoms with van der Waals surface area (Å²) in [7, 11) is 0. The van der Waals surface area contributed by atoms with Crippen LogP contribution in [0.3, 0.4) is 0 Å². The summed E-state index contributed by atoms with van der Waals surface area (Å²) in [5.41, 5.74) is 3.98. The van der Waals surface area contributed by atoms with Gasteiger partial charge in [0.1, 0.15) is 15.8 Å². The number of benzene rings is 1. The second-order valence-corrected chi connectivity index (χ2v) is 7.67. The number of pyridine rings is 1. The highest BCUT2D eigenvalue weighted by atomic mass is 32.1. The third kappa shape index (κ3) is 2.99. The zero-order valence-corrected chi connectivity index (χ0v) is 16.6. The van der Waals surface area contributed by atoms with E-state index in [9.17, 15) is 4.39 Å². The molecule has 0 bridgehead atoms. The fourth-order valence-electron chi connectivity index (χ4n) is 3.29. The molecule has 0 aliphatic heterocycles. The van der Waals surface area contributed by atoms with E-state index in [-0.39, 0.29) is 5.82 Å². The van der Waals surface area contributed by atoms with E-state index in [4.69, 9.17) is 4.98 Å². The minimum Gasteiger partial charge on any atom is -0.264 e. The SMILES string of the molecule is CCn1nccc1-c1cc(-c2nnc(C)s2)c2cnn(-c3ccc(F)cc3)c2n1. The molecule has 0 atom stereocenters. The normalized spacial score (nSPS) is 11.4. The largest absolute Gasteiger partial charge is 0.264 e. The van der Waals surface area contributed by atoms with E-state index < -0.39 is 0 Å². The average molecular weight is 405 g/mol. The van der Waals surface area contributed by atoms with Crippen molar-refractivity contribution in [3.8, 4) is 27.6 Å². The number of hydrogen-bond acceptors (Lipinski definition) is 6. The van der Waals surface area contributed by atoms with E-state index in [2.05, 4.69) is 20.4 Å². The molecule has 4 aromatic heterocycles. The lowest BCUT2D eigenvalue weighted by atomic mass is 10.1. The Morgan fingerprint density at radius 3 is 2.62 bits per heavy atom. The summed E-state index contributed by atoms with van der Waals surface area (Å²) in [5, 5.41) is 19.9. The van der Waals surface area contributed by atoms with Gasteiger partial charge in [-0.2, -0.15) is 10.2 Å². The van der Waals surface area contributed by atoms with Crippen molar-refractivity contribution >= 4 is 22.4 Å². The fourth-order valence-corrected chi connectivity index (χ4v) is 4.01. The van der Waals surface area contributed by atoms with Gasteiger partial charge in [0.25, 0.3) is 0 Å². The van der Waals surface area contributed by atoms with Gasteiger partial charge in [-0.25, -0.2) is 14.1 Å². The second-order valence-electron chi connectivity index (χ2n) is 6.48. The fraction of sp³-hybridized carbons (Fsp3) is 0.150. The summed E-state index contributed by atoms with van der Waals surface area (Å²) in [6, 6.07) is 10.1. The molecule has 29 heavy (non-hydrogen) atoms. The van der Waals surface area contributed by atoms with Crippen molar-refractivity contribution < 1.29 is 4.39 Å². The van der Waals surface area contributed by atoms with E-state index in [0.717, 1.165) is 44.6 Å². The maximum absolute atomic E-state index is 13.4. The maximum Gasteiger partial charge on any atom is 0.164 e. The van der Waals surface area contributed by atoms with Crippen LogP contribution in [0.1, 0.15) is 11.9 Å². The smallest absolute Gasteiger partial charge is 0.164 e. The molecular weight excluding hydrogens is 389 g/mol. The van der Waals surface area contributed by atoms with Crippen LogP contribution in [0.15, 0.2) is 48.8 Å². The lowest BCUT2D eigenvalue weighted by molar-refractivity contribution is 0.627. The lowest BCUT2D eigenvalue weighted by Gasteiger charge is -2.09. The maximum atomic E-state index is 13.4. The van der Waals surface area contributed by atoms with Crippen molar-refractivity contribution in [1.82, 2.24) is 34.7 Å². The van der Waals surface area contributed by atoms with Crippen molar-refractivity contribution in [2.24, 2.45) is 0 Å². The van der Waals surface area contributed by atoms with Crippen LogP contribution in [0.25, 0.3) is 38.7 Å². The van der Waals surface area contributed by atoms with Gasteiger partial charge in [-0.15, -0.1) is 10.2 Å². The van der Waals surface area contributed by atoms with Crippen molar-refractivity contribution in [3.63, 3.8) is 0 Å². The first-order valence-electron chi connectivity index (χ1n) is 9.11. The monoisotopic (exact) mass is 405 g/mol. The number of halogens is 1. The van der Waals surface area contributed by atoms with Crippen LogP contribution in [0.5, 0.6) is 0 Å². The molecule has 0 aliphatic carbocycles. The van der Waals surface area contributed by atoms with Gasteiger partial charge in [-0.05, 0) is 50.2 Å². The quantitative estimate of drug-likeness (QED) is 0.446. The zero-order chi connectivity index (χ0) is 20.0. The predicted octanol–water partition coefficient (Wildman–Crippen LogP) is 4.27.